The highest BCUT2D eigenvalue weighted by Crippen LogP contribution is 2.49. The van der Waals surface area contributed by atoms with E-state index in [1.807, 2.05) is 0 Å². The van der Waals surface area contributed by atoms with Crippen LogP contribution in [0, 0.1) is 11.2 Å². The Morgan fingerprint density at radius 3 is 2.47 bits per heavy atom. The Morgan fingerprint density at radius 2 is 1.83 bits per heavy atom. The zero-order valence-corrected chi connectivity index (χ0v) is 19.1. The third-order valence-corrected chi connectivity index (χ3v) is 7.30. The van der Waals surface area contributed by atoms with Crippen molar-refractivity contribution in [3.8, 4) is 0 Å². The summed E-state index contributed by atoms with van der Waals surface area (Å²) >= 11 is 0. The predicted octanol–water partition coefficient (Wildman–Crippen LogP) is 0.949. The van der Waals surface area contributed by atoms with Gasteiger partial charge in [0.05, 0.1) is 42.4 Å². The monoisotopic (exact) mass is 507 g/mol. The van der Waals surface area contributed by atoms with Gasteiger partial charge in [0, 0.05) is 13.0 Å². The molecule has 11 nitrogen and oxygen atoms in total. The van der Waals surface area contributed by atoms with Crippen molar-refractivity contribution in [2.45, 2.75) is 44.4 Å². The number of hydrogen-bond acceptors (Lipinski definition) is 8. The molecule has 2 aromatic rings. The van der Waals surface area contributed by atoms with E-state index in [-0.39, 0.29) is 40.9 Å². The van der Waals surface area contributed by atoms with Crippen LogP contribution in [-0.2, 0) is 20.7 Å². The zero-order valence-electron chi connectivity index (χ0n) is 19.1. The molecular formula is C22H20F3N5O6. The van der Waals surface area contributed by atoms with E-state index < -0.39 is 72.2 Å². The fourth-order valence-electron chi connectivity index (χ4n) is 5.91. The number of hydrogen-bond donors (Lipinski definition) is 2. The van der Waals surface area contributed by atoms with Crippen LogP contribution in [0.1, 0.15) is 29.9 Å². The Hall–Kier alpha value is -3.68. The summed E-state index contributed by atoms with van der Waals surface area (Å²) in [5.74, 6) is -6.44. The predicted molar refractivity (Wildman–Crippen MR) is 114 cm³/mol. The second kappa shape index (κ2) is 7.18. The third-order valence-electron chi connectivity index (χ3n) is 7.30. The number of urea groups is 1. The molecule has 1 aromatic heterocycles. The minimum absolute atomic E-state index is 0.0586. The number of carbonyl (C=O) groups excluding carboxylic acids is 4. The number of barbiturate groups is 1. The molecule has 4 aliphatic rings. The van der Waals surface area contributed by atoms with Gasteiger partial charge in [-0.2, -0.15) is 0 Å². The molecule has 0 radical (unpaired) electrons. The van der Waals surface area contributed by atoms with Gasteiger partial charge in [0.2, 0.25) is 17.4 Å². The Kier molecular flexibility index (Phi) is 4.54. The van der Waals surface area contributed by atoms with Gasteiger partial charge in [-0.05, 0) is 25.5 Å². The molecule has 0 aliphatic carbocycles. The van der Waals surface area contributed by atoms with Crippen LogP contribution in [0.5, 0.6) is 0 Å². The average molecular weight is 507 g/mol. The number of amides is 5. The van der Waals surface area contributed by atoms with Crippen molar-refractivity contribution in [1.29, 1.82) is 0 Å². The molecule has 36 heavy (non-hydrogen) atoms. The van der Waals surface area contributed by atoms with Crippen LogP contribution in [0.15, 0.2) is 10.6 Å². The lowest BCUT2D eigenvalue weighted by Crippen LogP contribution is -2.75. The van der Waals surface area contributed by atoms with Gasteiger partial charge in [0.25, 0.3) is 11.8 Å². The Labute approximate surface area is 200 Å². The van der Waals surface area contributed by atoms with E-state index in [0.717, 1.165) is 4.90 Å². The van der Waals surface area contributed by atoms with Crippen molar-refractivity contribution < 1.29 is 41.6 Å². The third kappa shape index (κ3) is 2.93. The molecule has 2 N–H and O–H groups in total. The van der Waals surface area contributed by atoms with Gasteiger partial charge in [-0.15, -0.1) is 0 Å². The number of nitrogens with one attached hydrogen (secondary N) is 2. The van der Waals surface area contributed by atoms with Crippen molar-refractivity contribution in [2.24, 2.45) is 5.41 Å². The number of likely N-dealkylation sites (tertiary alicyclic amines) is 1. The minimum atomic E-state index is -3.01. The number of benzene rings is 1. The molecule has 3 atom stereocenters. The van der Waals surface area contributed by atoms with Crippen molar-refractivity contribution >= 4 is 40.4 Å². The number of halogens is 3. The molecule has 14 heteroatoms. The molecule has 5 heterocycles. The molecule has 6 rings (SSSR count). The van der Waals surface area contributed by atoms with Gasteiger partial charge in [-0.1, -0.05) is 5.16 Å². The Morgan fingerprint density at radius 1 is 1.17 bits per heavy atom. The van der Waals surface area contributed by atoms with Crippen LogP contribution < -0.4 is 15.5 Å². The van der Waals surface area contributed by atoms with Crippen LogP contribution in [-0.4, -0.2) is 77.6 Å². The maximum absolute atomic E-state index is 16.0. The summed E-state index contributed by atoms with van der Waals surface area (Å²) in [6.07, 6.45) is -1.42. The normalized spacial score (nSPS) is 28.4. The van der Waals surface area contributed by atoms with E-state index in [9.17, 15) is 28.0 Å². The summed E-state index contributed by atoms with van der Waals surface area (Å²) in [4.78, 5) is 53.5. The first kappa shape index (κ1) is 22.8. The molecule has 1 spiro atoms. The smallest absolute Gasteiger partial charge is 0.328 e. The van der Waals surface area contributed by atoms with Crippen LogP contribution in [0.3, 0.4) is 0 Å². The maximum atomic E-state index is 16.0. The first-order valence-corrected chi connectivity index (χ1v) is 11.3. The van der Waals surface area contributed by atoms with Gasteiger partial charge < -0.3 is 19.1 Å². The van der Waals surface area contributed by atoms with E-state index in [0.29, 0.717) is 0 Å². The Bertz CT molecular complexity index is 1350. The quantitative estimate of drug-likeness (QED) is 0.545. The first-order chi connectivity index (χ1) is 16.9. The van der Waals surface area contributed by atoms with Gasteiger partial charge in [-0.25, -0.2) is 18.0 Å². The van der Waals surface area contributed by atoms with E-state index in [1.54, 1.807) is 18.7 Å². The highest BCUT2D eigenvalue weighted by atomic mass is 19.3. The standard InChI is InChI=1S/C22H20F3N5O6/c1-8-5-30-14-10(4-22(16(30)9(2)35-8)18(32)26-20(34)27-19(22)33)3-11-13(28-36-15(11)12(14)23)17(31)29-6-21(24,25)7-29/h3,8-9,16H,4-7H2,1-2H3,(H2,26,27,32,33,34)/t8-,9+,16-/m1/s1. The highest BCUT2D eigenvalue weighted by molar-refractivity contribution is 6.20. The van der Waals surface area contributed by atoms with Crippen LogP contribution >= 0.6 is 0 Å². The summed E-state index contributed by atoms with van der Waals surface area (Å²) in [5.41, 5.74) is -2.29. The number of fused-ring (bicyclic) bond motifs is 5. The molecule has 5 amide bonds. The number of morpholine rings is 1. The van der Waals surface area contributed by atoms with Crippen molar-refractivity contribution in [3.05, 3.63) is 23.1 Å². The minimum Gasteiger partial charge on any atom is -0.372 e. The summed E-state index contributed by atoms with van der Waals surface area (Å²) < 4.78 is 53.6. The van der Waals surface area contributed by atoms with Crippen LogP contribution in [0.4, 0.5) is 23.7 Å². The summed E-state index contributed by atoms with van der Waals surface area (Å²) in [6, 6.07) is -0.547. The van der Waals surface area contributed by atoms with E-state index in [4.69, 9.17) is 9.26 Å². The highest BCUT2D eigenvalue weighted by Gasteiger charge is 2.63. The maximum Gasteiger partial charge on any atom is 0.328 e. The molecule has 4 aliphatic heterocycles. The second-order valence-corrected chi connectivity index (χ2v) is 9.76. The zero-order chi connectivity index (χ0) is 25.7. The van der Waals surface area contributed by atoms with E-state index in [1.165, 1.54) is 6.07 Å². The largest absolute Gasteiger partial charge is 0.372 e. The van der Waals surface area contributed by atoms with Gasteiger partial charge in [0.1, 0.15) is 0 Å². The SMILES string of the molecule is C[C@@H]1CN2c3c(cc4c(C(=O)N5CC(F)(F)C5)noc4c3F)CC3(C(=O)NC(=O)NC3=O)[C@H]2[C@H](C)O1. The number of imide groups is 2. The van der Waals surface area contributed by atoms with Gasteiger partial charge in [0.15, 0.2) is 16.9 Å². The molecule has 3 saturated heterocycles. The van der Waals surface area contributed by atoms with Crippen molar-refractivity contribution in [1.82, 2.24) is 20.7 Å². The lowest BCUT2D eigenvalue weighted by molar-refractivity contribution is -0.153. The number of rotatable bonds is 1. The Balaban J connectivity index is 1.52. The molecule has 0 unspecified atom stereocenters. The molecule has 1 aromatic carbocycles. The molecule has 3 fully saturated rings. The van der Waals surface area contributed by atoms with E-state index in [2.05, 4.69) is 15.8 Å². The number of anilines is 1. The van der Waals surface area contributed by atoms with Crippen molar-refractivity contribution in [3.63, 3.8) is 0 Å². The van der Waals surface area contributed by atoms with Gasteiger partial charge >= 0.3 is 6.03 Å². The number of aromatic nitrogens is 1. The average Bonchev–Trinajstić information content (AvgIpc) is 3.18. The summed E-state index contributed by atoms with van der Waals surface area (Å²) in [7, 11) is 0. The van der Waals surface area contributed by atoms with Crippen molar-refractivity contribution in [2.75, 3.05) is 24.5 Å². The summed E-state index contributed by atoms with van der Waals surface area (Å²) in [6.45, 7) is 1.93. The lowest BCUT2D eigenvalue weighted by atomic mass is 9.66. The molecule has 190 valence electrons. The van der Waals surface area contributed by atoms with E-state index >= 15 is 4.39 Å². The number of ether oxygens (including phenoxy) is 1. The molecule has 0 bridgehead atoms. The van der Waals surface area contributed by atoms with Gasteiger partial charge in [-0.3, -0.25) is 25.0 Å². The topological polar surface area (TPSA) is 134 Å². The van der Waals surface area contributed by atoms with Crippen LogP contribution in [0.25, 0.3) is 11.0 Å². The van der Waals surface area contributed by atoms with Crippen LogP contribution in [0.2, 0.25) is 0 Å². The molecular weight excluding hydrogens is 487 g/mol. The second-order valence-electron chi connectivity index (χ2n) is 9.76. The summed E-state index contributed by atoms with van der Waals surface area (Å²) in [5, 5.41) is 7.85. The lowest BCUT2D eigenvalue weighted by Gasteiger charge is -2.55. The number of alkyl halides is 2. The fraction of sp³-hybridized carbons (Fsp3) is 0.500. The first-order valence-electron chi connectivity index (χ1n) is 11.3. The number of nitrogens with zero attached hydrogens (tertiary/aromatic N) is 3. The fourth-order valence-corrected chi connectivity index (χ4v) is 5.91. The molecule has 0 saturated carbocycles. The number of carbonyl (C=O) groups is 4.